The Bertz CT molecular complexity index is 1370. The van der Waals surface area contributed by atoms with Gasteiger partial charge in [-0.15, -0.1) is 0 Å². The van der Waals surface area contributed by atoms with Crippen molar-refractivity contribution >= 4 is 28.9 Å². The van der Waals surface area contributed by atoms with Gasteiger partial charge in [0, 0.05) is 66.3 Å². The van der Waals surface area contributed by atoms with Crippen LogP contribution in [0.2, 0.25) is 0 Å². The van der Waals surface area contributed by atoms with Crippen molar-refractivity contribution in [1.29, 1.82) is 0 Å². The molecule has 8 nitrogen and oxygen atoms in total. The first-order valence-electron chi connectivity index (χ1n) is 12.9. The fraction of sp³-hybridized carbons (Fsp3) is 0.267. The summed E-state index contributed by atoms with van der Waals surface area (Å²) in [7, 11) is 1.84. The van der Waals surface area contributed by atoms with Crippen LogP contribution in [0.5, 0.6) is 0 Å². The zero-order valence-corrected chi connectivity index (χ0v) is 21.6. The van der Waals surface area contributed by atoms with Crippen molar-refractivity contribution in [2.45, 2.75) is 25.9 Å². The predicted octanol–water partition coefficient (Wildman–Crippen LogP) is 4.50. The molecule has 2 amide bonds. The molecule has 0 bridgehead atoms. The molecule has 1 fully saturated rings. The zero-order chi connectivity index (χ0) is 26.6. The van der Waals surface area contributed by atoms with Crippen molar-refractivity contribution in [1.82, 2.24) is 9.88 Å². The molecule has 4 N–H and O–H groups in total. The van der Waals surface area contributed by atoms with Gasteiger partial charge in [0.25, 0.3) is 11.8 Å². The number of rotatable bonds is 7. The highest BCUT2D eigenvalue weighted by molar-refractivity contribution is 6.03. The highest BCUT2D eigenvalue weighted by Crippen LogP contribution is 2.27. The molecule has 0 saturated carbocycles. The number of nitrogens with one attached hydrogen (secondary N) is 3. The maximum absolute atomic E-state index is 12.8. The van der Waals surface area contributed by atoms with Gasteiger partial charge in [-0.2, -0.15) is 0 Å². The summed E-state index contributed by atoms with van der Waals surface area (Å²) in [5.41, 5.74) is 5.81. The minimum atomic E-state index is -0.280. The van der Waals surface area contributed by atoms with E-state index in [1.165, 1.54) is 0 Å². The topological polar surface area (TPSA) is 98.6 Å². The van der Waals surface area contributed by atoms with Crippen LogP contribution in [0.4, 0.5) is 17.1 Å². The summed E-state index contributed by atoms with van der Waals surface area (Å²) in [5.74, 6) is -0.0888. The SMILES string of the molecule is CC1CC(NC(=O)c2ccc(N3CCC(O)C3)cc2)=CC=C1Nc1ccc(NC(=O)c2cccn2C)cc1. The quantitative estimate of drug-likeness (QED) is 0.375. The number of nitrogens with zero attached hydrogens (tertiary/aromatic N) is 2. The van der Waals surface area contributed by atoms with Crippen molar-refractivity contribution in [3.05, 3.63) is 102 Å². The second-order valence-corrected chi connectivity index (χ2v) is 9.97. The summed E-state index contributed by atoms with van der Waals surface area (Å²) < 4.78 is 1.78. The molecular weight excluding hydrogens is 478 g/mol. The van der Waals surface area contributed by atoms with Crippen LogP contribution in [0.25, 0.3) is 0 Å². The molecule has 38 heavy (non-hydrogen) atoms. The number of carbonyl (C=O) groups is 2. The second kappa shape index (κ2) is 11.0. The Morgan fingerprint density at radius 2 is 1.66 bits per heavy atom. The van der Waals surface area contributed by atoms with Gasteiger partial charge in [0.2, 0.25) is 0 Å². The van der Waals surface area contributed by atoms with Crippen LogP contribution in [-0.2, 0) is 7.05 Å². The van der Waals surface area contributed by atoms with Crippen molar-refractivity contribution in [3.63, 3.8) is 0 Å². The van der Waals surface area contributed by atoms with Gasteiger partial charge < -0.3 is 30.5 Å². The van der Waals surface area contributed by atoms with Crippen LogP contribution in [0.15, 0.2) is 90.4 Å². The van der Waals surface area contributed by atoms with E-state index < -0.39 is 0 Å². The summed E-state index contributed by atoms with van der Waals surface area (Å²) in [5, 5.41) is 19.2. The molecule has 1 saturated heterocycles. The molecule has 2 aliphatic rings. The molecule has 2 heterocycles. The Labute approximate surface area is 222 Å². The highest BCUT2D eigenvalue weighted by atomic mass is 16.3. The summed E-state index contributed by atoms with van der Waals surface area (Å²) in [6.45, 7) is 3.58. The third-order valence-corrected chi connectivity index (χ3v) is 7.06. The number of aliphatic hydroxyl groups excluding tert-OH is 1. The third-order valence-electron chi connectivity index (χ3n) is 7.06. The number of β-amino-alcohol motifs (C(OH)–C–C–N with tert-alkyl or cyclic N) is 1. The predicted molar refractivity (Wildman–Crippen MR) is 150 cm³/mol. The fourth-order valence-corrected chi connectivity index (χ4v) is 4.83. The van der Waals surface area contributed by atoms with Gasteiger partial charge in [-0.3, -0.25) is 9.59 Å². The van der Waals surface area contributed by atoms with E-state index in [-0.39, 0.29) is 23.8 Å². The smallest absolute Gasteiger partial charge is 0.272 e. The van der Waals surface area contributed by atoms with Gasteiger partial charge >= 0.3 is 0 Å². The van der Waals surface area contributed by atoms with Crippen molar-refractivity contribution in [2.75, 3.05) is 28.6 Å². The van der Waals surface area contributed by atoms with E-state index in [2.05, 4.69) is 27.8 Å². The number of hydrogen-bond donors (Lipinski definition) is 4. The number of aryl methyl sites for hydroxylation is 1. The summed E-state index contributed by atoms with van der Waals surface area (Å²) in [4.78, 5) is 27.4. The van der Waals surface area contributed by atoms with Crippen LogP contribution in [0.3, 0.4) is 0 Å². The van der Waals surface area contributed by atoms with Gasteiger partial charge in [0.05, 0.1) is 6.10 Å². The lowest BCUT2D eigenvalue weighted by molar-refractivity contribution is 0.0962. The number of amides is 2. The highest BCUT2D eigenvalue weighted by Gasteiger charge is 2.21. The lowest BCUT2D eigenvalue weighted by atomic mass is 9.96. The van der Waals surface area contributed by atoms with E-state index >= 15 is 0 Å². The minimum absolute atomic E-state index is 0.130. The van der Waals surface area contributed by atoms with E-state index in [4.69, 9.17) is 0 Å². The molecular formula is C30H33N5O3. The molecule has 1 aliphatic heterocycles. The maximum Gasteiger partial charge on any atom is 0.272 e. The van der Waals surface area contributed by atoms with Crippen LogP contribution in [0.1, 0.15) is 40.6 Å². The average molecular weight is 512 g/mol. The fourth-order valence-electron chi connectivity index (χ4n) is 4.83. The lowest BCUT2D eigenvalue weighted by Crippen LogP contribution is -2.26. The van der Waals surface area contributed by atoms with Crippen LogP contribution in [-0.4, -0.2) is 40.7 Å². The molecule has 2 aromatic carbocycles. The number of aromatic nitrogens is 1. The number of allylic oxidation sites excluding steroid dienone is 4. The van der Waals surface area contributed by atoms with Gasteiger partial charge in [0.15, 0.2) is 0 Å². The van der Waals surface area contributed by atoms with Gasteiger partial charge in [0.1, 0.15) is 5.69 Å². The Kier molecular flexibility index (Phi) is 7.33. The first kappa shape index (κ1) is 25.4. The summed E-state index contributed by atoms with van der Waals surface area (Å²) in [6.07, 6.45) is 6.98. The molecule has 2 unspecified atom stereocenters. The second-order valence-electron chi connectivity index (χ2n) is 9.97. The number of carbonyl (C=O) groups excluding carboxylic acids is 2. The molecule has 0 radical (unpaired) electrons. The lowest BCUT2D eigenvalue weighted by Gasteiger charge is -2.23. The first-order valence-corrected chi connectivity index (χ1v) is 12.9. The molecule has 0 spiro atoms. The van der Waals surface area contributed by atoms with Crippen LogP contribution >= 0.6 is 0 Å². The summed E-state index contributed by atoms with van der Waals surface area (Å²) >= 11 is 0. The maximum atomic E-state index is 12.8. The number of benzene rings is 2. The molecule has 3 aromatic rings. The Morgan fingerprint density at radius 3 is 2.29 bits per heavy atom. The number of anilines is 3. The number of hydrogen-bond acceptors (Lipinski definition) is 5. The monoisotopic (exact) mass is 511 g/mol. The molecule has 1 aromatic heterocycles. The largest absolute Gasteiger partial charge is 0.391 e. The molecule has 5 rings (SSSR count). The number of aliphatic hydroxyl groups is 1. The third kappa shape index (κ3) is 5.81. The van der Waals surface area contributed by atoms with Gasteiger partial charge in [-0.1, -0.05) is 6.92 Å². The van der Waals surface area contributed by atoms with Crippen molar-refractivity contribution in [3.8, 4) is 0 Å². The first-order chi connectivity index (χ1) is 18.4. The molecule has 8 heteroatoms. The van der Waals surface area contributed by atoms with E-state index in [0.717, 1.165) is 41.4 Å². The van der Waals surface area contributed by atoms with Gasteiger partial charge in [-0.05, 0) is 85.7 Å². The van der Waals surface area contributed by atoms with E-state index in [0.29, 0.717) is 24.2 Å². The molecule has 196 valence electrons. The van der Waals surface area contributed by atoms with E-state index in [1.807, 2.05) is 80.0 Å². The van der Waals surface area contributed by atoms with Crippen LogP contribution < -0.4 is 20.9 Å². The zero-order valence-electron chi connectivity index (χ0n) is 21.6. The minimum Gasteiger partial charge on any atom is -0.391 e. The van der Waals surface area contributed by atoms with Crippen LogP contribution in [0, 0.1) is 5.92 Å². The van der Waals surface area contributed by atoms with E-state index in [9.17, 15) is 14.7 Å². The summed E-state index contributed by atoms with van der Waals surface area (Å²) in [6, 6.07) is 18.8. The standard InChI is InChI=1S/C30H33N5O3/c1-20-18-24(33-29(37)21-5-12-25(13-6-21)35-17-15-26(36)19-35)11-14-27(20)31-22-7-9-23(10-8-22)32-30(38)28-4-3-16-34(28)2/h3-14,16,20,26,31,36H,15,17-19H2,1-2H3,(H,32,38)(H,33,37). The Balaban J connectivity index is 1.16. The van der Waals surface area contributed by atoms with Crippen molar-refractivity contribution in [2.24, 2.45) is 13.0 Å². The molecule has 2 atom stereocenters. The Hall–Kier alpha value is -4.30. The Morgan fingerprint density at radius 1 is 0.921 bits per heavy atom. The molecule has 1 aliphatic carbocycles. The average Bonchev–Trinajstić information content (AvgIpc) is 3.55. The van der Waals surface area contributed by atoms with Crippen molar-refractivity contribution < 1.29 is 14.7 Å². The van der Waals surface area contributed by atoms with E-state index in [1.54, 1.807) is 10.6 Å². The van der Waals surface area contributed by atoms with Gasteiger partial charge in [-0.25, -0.2) is 0 Å². The normalized spacial score (nSPS) is 19.0.